The maximum absolute atomic E-state index is 13.0. The molecule has 0 radical (unpaired) electrons. The molecule has 4 rings (SSSR count). The van der Waals surface area contributed by atoms with Crippen molar-refractivity contribution in [1.82, 2.24) is 9.21 Å². The number of hydrogen-bond acceptors (Lipinski definition) is 5. The molecule has 2 aliphatic rings. The van der Waals surface area contributed by atoms with Crippen LogP contribution in [0.4, 0.5) is 5.69 Å². The van der Waals surface area contributed by atoms with E-state index in [0.717, 1.165) is 55.6 Å². The lowest BCUT2D eigenvalue weighted by molar-refractivity contribution is -0.125. The second kappa shape index (κ2) is 11.8. The van der Waals surface area contributed by atoms with Gasteiger partial charge in [0.2, 0.25) is 15.9 Å². The minimum absolute atomic E-state index is 0.108. The summed E-state index contributed by atoms with van der Waals surface area (Å²) in [6.45, 7) is 4.78. The number of benzene rings is 2. The van der Waals surface area contributed by atoms with Crippen LogP contribution in [0.3, 0.4) is 0 Å². The Balaban J connectivity index is 1.38. The van der Waals surface area contributed by atoms with E-state index in [2.05, 4.69) is 17.0 Å². The Kier molecular flexibility index (Phi) is 8.59. The second-order valence-corrected chi connectivity index (χ2v) is 11.1. The van der Waals surface area contributed by atoms with Gasteiger partial charge >= 0.3 is 0 Å². The molecular formula is C27H35N3O4S. The van der Waals surface area contributed by atoms with Crippen LogP contribution in [0, 0.1) is 0 Å². The number of likely N-dealkylation sites (N-methyl/N-ethyl adjacent to an activating group) is 1. The minimum atomic E-state index is -3.47. The highest BCUT2D eigenvalue weighted by Crippen LogP contribution is 2.23. The van der Waals surface area contributed by atoms with Gasteiger partial charge in [0.1, 0.15) is 0 Å². The van der Waals surface area contributed by atoms with E-state index in [4.69, 9.17) is 4.74 Å². The molecule has 0 spiro atoms. The smallest absolute Gasteiger partial charge is 0.246 e. The van der Waals surface area contributed by atoms with E-state index in [-0.39, 0.29) is 5.91 Å². The fraction of sp³-hybridized carbons (Fsp3) is 0.444. The van der Waals surface area contributed by atoms with Gasteiger partial charge in [0.15, 0.2) is 0 Å². The lowest BCUT2D eigenvalue weighted by Gasteiger charge is -2.31. The Labute approximate surface area is 209 Å². The zero-order valence-electron chi connectivity index (χ0n) is 20.4. The Hall–Kier alpha value is -2.68. The summed E-state index contributed by atoms with van der Waals surface area (Å²) >= 11 is 0. The van der Waals surface area contributed by atoms with E-state index in [0.29, 0.717) is 37.7 Å². The molecule has 188 valence electrons. The number of carbonyl (C=O) groups is 1. The van der Waals surface area contributed by atoms with Crippen LogP contribution in [0.1, 0.15) is 36.8 Å². The summed E-state index contributed by atoms with van der Waals surface area (Å²) in [4.78, 5) is 17.1. The predicted octanol–water partition coefficient (Wildman–Crippen LogP) is 3.76. The Morgan fingerprint density at radius 1 is 0.943 bits per heavy atom. The zero-order valence-corrected chi connectivity index (χ0v) is 21.3. The van der Waals surface area contributed by atoms with Crippen molar-refractivity contribution >= 4 is 27.7 Å². The van der Waals surface area contributed by atoms with Gasteiger partial charge in [-0.1, -0.05) is 43.2 Å². The van der Waals surface area contributed by atoms with Crippen LogP contribution in [0.5, 0.6) is 0 Å². The Morgan fingerprint density at radius 2 is 1.60 bits per heavy atom. The first-order chi connectivity index (χ1) is 16.9. The van der Waals surface area contributed by atoms with Crippen molar-refractivity contribution in [2.24, 2.45) is 0 Å². The average Bonchev–Trinajstić information content (AvgIpc) is 3.19. The number of ether oxygens (including phenoxy) is 1. The molecule has 0 N–H and O–H groups in total. The number of amides is 1. The van der Waals surface area contributed by atoms with Crippen molar-refractivity contribution in [2.75, 3.05) is 51.3 Å². The molecule has 1 amide bonds. The quantitative estimate of drug-likeness (QED) is 0.545. The summed E-state index contributed by atoms with van der Waals surface area (Å²) in [5.74, 6) is -0.108. The molecule has 0 bridgehead atoms. The largest absolute Gasteiger partial charge is 0.378 e. The monoisotopic (exact) mass is 497 g/mol. The average molecular weight is 498 g/mol. The highest BCUT2D eigenvalue weighted by atomic mass is 32.2. The predicted molar refractivity (Wildman–Crippen MR) is 139 cm³/mol. The molecule has 0 unspecified atom stereocenters. The van der Waals surface area contributed by atoms with Gasteiger partial charge in [-0.25, -0.2) is 8.42 Å². The second-order valence-electron chi connectivity index (χ2n) is 9.14. The molecule has 7 nitrogen and oxygen atoms in total. The minimum Gasteiger partial charge on any atom is -0.378 e. The fourth-order valence-corrected chi connectivity index (χ4v) is 6.08. The van der Waals surface area contributed by atoms with Crippen LogP contribution in [0.15, 0.2) is 59.5 Å². The molecule has 2 saturated heterocycles. The first-order valence-electron chi connectivity index (χ1n) is 12.4. The van der Waals surface area contributed by atoms with E-state index in [1.165, 1.54) is 6.08 Å². The number of sulfonamides is 1. The summed E-state index contributed by atoms with van der Waals surface area (Å²) in [6, 6.07) is 14.9. The fourth-order valence-electron chi connectivity index (χ4n) is 4.57. The zero-order chi connectivity index (χ0) is 24.7. The number of carbonyl (C=O) groups excluding carboxylic acids is 1. The van der Waals surface area contributed by atoms with Gasteiger partial charge in [0.25, 0.3) is 0 Å². The van der Waals surface area contributed by atoms with Gasteiger partial charge in [0, 0.05) is 51.5 Å². The number of hydrogen-bond donors (Lipinski definition) is 0. The van der Waals surface area contributed by atoms with Gasteiger partial charge in [-0.15, -0.1) is 0 Å². The molecule has 35 heavy (non-hydrogen) atoms. The summed E-state index contributed by atoms with van der Waals surface area (Å²) < 4.78 is 33.0. The van der Waals surface area contributed by atoms with Gasteiger partial charge in [-0.3, -0.25) is 4.79 Å². The van der Waals surface area contributed by atoms with Crippen molar-refractivity contribution in [2.45, 2.75) is 37.1 Å². The van der Waals surface area contributed by atoms with Gasteiger partial charge in [0.05, 0.1) is 18.1 Å². The molecule has 0 atom stereocenters. The van der Waals surface area contributed by atoms with Crippen LogP contribution >= 0.6 is 0 Å². The third-order valence-corrected chi connectivity index (χ3v) is 8.54. The summed E-state index contributed by atoms with van der Waals surface area (Å²) in [7, 11) is -1.68. The molecule has 2 aromatic carbocycles. The van der Waals surface area contributed by atoms with E-state index < -0.39 is 10.0 Å². The van der Waals surface area contributed by atoms with E-state index in [9.17, 15) is 13.2 Å². The molecule has 2 heterocycles. The van der Waals surface area contributed by atoms with Gasteiger partial charge in [-0.2, -0.15) is 4.31 Å². The van der Waals surface area contributed by atoms with Crippen LogP contribution in [0.25, 0.3) is 6.08 Å². The van der Waals surface area contributed by atoms with Crippen molar-refractivity contribution < 1.29 is 17.9 Å². The standard InChI is InChI=1S/C27H35N3O4S/c1-28(22-24-8-4-5-9-26(24)29-18-20-34-21-19-29)27(31)15-12-23-10-13-25(14-11-23)35(32,33)30-16-6-2-3-7-17-30/h4-5,8-15H,2-3,6-7,16-22H2,1H3. The lowest BCUT2D eigenvalue weighted by atomic mass is 10.1. The molecule has 0 aromatic heterocycles. The van der Waals surface area contributed by atoms with Crippen molar-refractivity contribution in [1.29, 1.82) is 0 Å². The molecule has 2 fully saturated rings. The number of rotatable bonds is 7. The molecule has 2 aliphatic heterocycles. The SMILES string of the molecule is CN(Cc1ccccc1N1CCOCC1)C(=O)C=Cc1ccc(S(=O)(=O)N2CCCCCC2)cc1. The third-order valence-electron chi connectivity index (χ3n) is 6.63. The maximum atomic E-state index is 13.0. The number of morpholine rings is 1. The highest BCUT2D eigenvalue weighted by Gasteiger charge is 2.24. The number of nitrogens with zero attached hydrogens (tertiary/aromatic N) is 3. The summed E-state index contributed by atoms with van der Waals surface area (Å²) in [6.07, 6.45) is 7.25. The topological polar surface area (TPSA) is 70.2 Å². The van der Waals surface area contributed by atoms with Crippen LogP contribution in [0.2, 0.25) is 0 Å². The van der Waals surface area contributed by atoms with Gasteiger partial charge in [-0.05, 0) is 48.2 Å². The molecule has 0 aliphatic carbocycles. The Bertz CT molecular complexity index is 1120. The highest BCUT2D eigenvalue weighted by molar-refractivity contribution is 7.89. The van der Waals surface area contributed by atoms with Crippen molar-refractivity contribution in [3.63, 3.8) is 0 Å². The molecule has 0 saturated carbocycles. The summed E-state index contributed by atoms with van der Waals surface area (Å²) in [5.41, 5.74) is 3.03. The number of anilines is 1. The molecule has 8 heteroatoms. The number of para-hydroxylation sites is 1. The normalized spacial score (nSPS) is 17.9. The van der Waals surface area contributed by atoms with Crippen molar-refractivity contribution in [3.8, 4) is 0 Å². The Morgan fingerprint density at radius 3 is 2.29 bits per heavy atom. The van der Waals surface area contributed by atoms with Gasteiger partial charge < -0.3 is 14.5 Å². The summed E-state index contributed by atoms with van der Waals surface area (Å²) in [5, 5.41) is 0. The molecular weight excluding hydrogens is 462 g/mol. The first-order valence-corrected chi connectivity index (χ1v) is 13.8. The molecule has 2 aromatic rings. The van der Waals surface area contributed by atoms with E-state index >= 15 is 0 Å². The van der Waals surface area contributed by atoms with E-state index in [1.807, 2.05) is 12.1 Å². The maximum Gasteiger partial charge on any atom is 0.246 e. The van der Waals surface area contributed by atoms with Crippen LogP contribution in [-0.4, -0.2) is 70.0 Å². The van der Waals surface area contributed by atoms with Crippen molar-refractivity contribution in [3.05, 3.63) is 65.7 Å². The van der Waals surface area contributed by atoms with Crippen LogP contribution < -0.4 is 4.90 Å². The van der Waals surface area contributed by atoms with Crippen LogP contribution in [-0.2, 0) is 26.1 Å². The van der Waals surface area contributed by atoms with E-state index in [1.54, 1.807) is 46.6 Å². The lowest BCUT2D eigenvalue weighted by Crippen LogP contribution is -2.37. The third kappa shape index (κ3) is 6.51. The first kappa shape index (κ1) is 25.4.